The predicted molar refractivity (Wildman–Crippen MR) is 41.3 cm³/mol. The largest absolute Gasteiger partial charge is 0.468 e. The zero-order valence-corrected chi connectivity index (χ0v) is 7.29. The molecule has 0 N–H and O–H groups in total. The summed E-state index contributed by atoms with van der Waals surface area (Å²) in [5, 5.41) is 0. The first-order valence-corrected chi connectivity index (χ1v) is 4.27. The first-order chi connectivity index (χ1) is 5.65. The third kappa shape index (κ3) is 0.586. The van der Waals surface area contributed by atoms with Gasteiger partial charge >= 0.3 is 5.97 Å². The Labute approximate surface area is 71.1 Å². The molecule has 2 aliphatic rings. The minimum absolute atomic E-state index is 0.0897. The van der Waals surface area contributed by atoms with Gasteiger partial charge in [0.05, 0.1) is 7.11 Å². The second-order valence-electron chi connectivity index (χ2n) is 3.72. The molecule has 0 amide bonds. The molecule has 0 radical (unpaired) electrons. The SMILES string of the molecule is COC(=O)C12C(=O)CCC1C2C. The van der Waals surface area contributed by atoms with Gasteiger partial charge in [0.1, 0.15) is 5.41 Å². The van der Waals surface area contributed by atoms with Crippen LogP contribution in [0.25, 0.3) is 0 Å². The molecule has 2 saturated carbocycles. The third-order valence-corrected chi connectivity index (χ3v) is 3.46. The molecule has 0 aromatic rings. The van der Waals surface area contributed by atoms with E-state index in [4.69, 9.17) is 0 Å². The molecule has 2 fully saturated rings. The molecule has 0 saturated heterocycles. The number of esters is 1. The normalized spacial score (nSPS) is 44.0. The summed E-state index contributed by atoms with van der Waals surface area (Å²) in [5.41, 5.74) is -0.714. The Hall–Kier alpha value is -0.860. The van der Waals surface area contributed by atoms with Crippen molar-refractivity contribution in [1.82, 2.24) is 0 Å². The molecular formula is C9H12O3. The van der Waals surface area contributed by atoms with Gasteiger partial charge in [-0.15, -0.1) is 0 Å². The molecule has 0 aromatic carbocycles. The molecule has 66 valence electrons. The van der Waals surface area contributed by atoms with Crippen molar-refractivity contribution in [2.45, 2.75) is 19.8 Å². The number of ether oxygens (including phenoxy) is 1. The van der Waals surface area contributed by atoms with Gasteiger partial charge in [-0.1, -0.05) is 6.92 Å². The van der Waals surface area contributed by atoms with Crippen molar-refractivity contribution in [2.24, 2.45) is 17.3 Å². The van der Waals surface area contributed by atoms with Gasteiger partial charge in [-0.3, -0.25) is 9.59 Å². The quantitative estimate of drug-likeness (QED) is 0.429. The molecule has 2 rings (SSSR count). The first-order valence-electron chi connectivity index (χ1n) is 4.27. The summed E-state index contributed by atoms with van der Waals surface area (Å²) in [5.74, 6) is 0.262. The summed E-state index contributed by atoms with van der Waals surface area (Å²) in [6, 6.07) is 0. The molecule has 2 aliphatic carbocycles. The minimum atomic E-state index is -0.714. The van der Waals surface area contributed by atoms with Crippen LogP contribution in [-0.2, 0) is 14.3 Å². The van der Waals surface area contributed by atoms with Crippen molar-refractivity contribution in [3.8, 4) is 0 Å². The van der Waals surface area contributed by atoms with Crippen LogP contribution in [0.3, 0.4) is 0 Å². The van der Waals surface area contributed by atoms with Gasteiger partial charge in [-0.25, -0.2) is 0 Å². The number of fused-ring (bicyclic) bond motifs is 1. The lowest BCUT2D eigenvalue weighted by Crippen LogP contribution is -2.27. The number of carbonyl (C=O) groups excluding carboxylic acids is 2. The highest BCUT2D eigenvalue weighted by atomic mass is 16.5. The number of carbonyl (C=O) groups is 2. The number of hydrogen-bond acceptors (Lipinski definition) is 3. The van der Waals surface area contributed by atoms with Gasteiger partial charge in [0, 0.05) is 6.42 Å². The summed E-state index contributed by atoms with van der Waals surface area (Å²) in [6.07, 6.45) is 1.43. The maximum absolute atomic E-state index is 11.4. The third-order valence-electron chi connectivity index (χ3n) is 3.46. The lowest BCUT2D eigenvalue weighted by atomic mass is 9.99. The van der Waals surface area contributed by atoms with Crippen LogP contribution in [0.2, 0.25) is 0 Å². The molecule has 0 bridgehead atoms. The van der Waals surface area contributed by atoms with E-state index in [1.54, 1.807) is 0 Å². The highest BCUT2D eigenvalue weighted by Gasteiger charge is 2.74. The first kappa shape index (κ1) is 7.77. The van der Waals surface area contributed by atoms with Gasteiger partial charge in [0.25, 0.3) is 0 Å². The van der Waals surface area contributed by atoms with Crippen LogP contribution in [0.5, 0.6) is 0 Å². The maximum Gasteiger partial charge on any atom is 0.319 e. The molecule has 0 heterocycles. The van der Waals surface area contributed by atoms with Crippen LogP contribution in [0.4, 0.5) is 0 Å². The fraction of sp³-hybridized carbons (Fsp3) is 0.778. The fourth-order valence-corrected chi connectivity index (χ4v) is 2.70. The monoisotopic (exact) mass is 168 g/mol. The Bertz CT molecular complexity index is 258. The summed E-state index contributed by atoms with van der Waals surface area (Å²) in [4.78, 5) is 22.8. The summed E-state index contributed by atoms with van der Waals surface area (Å²) in [6.45, 7) is 1.96. The van der Waals surface area contributed by atoms with E-state index in [-0.39, 0.29) is 23.6 Å². The van der Waals surface area contributed by atoms with Gasteiger partial charge in [0.15, 0.2) is 5.78 Å². The molecule has 3 atom stereocenters. The molecule has 0 aromatic heterocycles. The average Bonchev–Trinajstić information content (AvgIpc) is 2.48. The van der Waals surface area contributed by atoms with Gasteiger partial charge in [-0.2, -0.15) is 0 Å². The molecule has 3 heteroatoms. The van der Waals surface area contributed by atoms with Gasteiger partial charge in [-0.05, 0) is 18.3 Å². The molecule has 0 aliphatic heterocycles. The topological polar surface area (TPSA) is 43.4 Å². The molecule has 3 unspecified atom stereocenters. The highest BCUT2D eigenvalue weighted by molar-refractivity contribution is 6.09. The minimum Gasteiger partial charge on any atom is -0.468 e. The van der Waals surface area contributed by atoms with Crippen molar-refractivity contribution < 1.29 is 14.3 Å². The van der Waals surface area contributed by atoms with Crippen LogP contribution in [0.1, 0.15) is 19.8 Å². The molecule has 0 spiro atoms. The van der Waals surface area contributed by atoms with Gasteiger partial charge in [0.2, 0.25) is 0 Å². The van der Waals surface area contributed by atoms with Crippen LogP contribution in [0.15, 0.2) is 0 Å². The number of ketones is 1. The van der Waals surface area contributed by atoms with E-state index >= 15 is 0 Å². The number of methoxy groups -OCH3 is 1. The Morgan fingerprint density at radius 3 is 2.75 bits per heavy atom. The van der Waals surface area contributed by atoms with Crippen molar-refractivity contribution in [2.75, 3.05) is 7.11 Å². The highest BCUT2D eigenvalue weighted by Crippen LogP contribution is 2.66. The van der Waals surface area contributed by atoms with E-state index in [2.05, 4.69) is 4.74 Å². The number of Topliss-reactive ketones (excluding diaryl/α,β-unsaturated/α-hetero) is 1. The lowest BCUT2D eigenvalue weighted by Gasteiger charge is -2.08. The summed E-state index contributed by atoms with van der Waals surface area (Å²) < 4.78 is 4.66. The van der Waals surface area contributed by atoms with E-state index in [0.717, 1.165) is 6.42 Å². The van der Waals surface area contributed by atoms with Crippen molar-refractivity contribution >= 4 is 11.8 Å². The van der Waals surface area contributed by atoms with Crippen molar-refractivity contribution in [3.05, 3.63) is 0 Å². The lowest BCUT2D eigenvalue weighted by molar-refractivity contribution is -0.151. The van der Waals surface area contributed by atoms with E-state index in [9.17, 15) is 9.59 Å². The zero-order chi connectivity index (χ0) is 8.93. The van der Waals surface area contributed by atoms with Crippen molar-refractivity contribution in [1.29, 1.82) is 0 Å². The molecule has 3 nitrogen and oxygen atoms in total. The Kier molecular flexibility index (Phi) is 1.35. The second kappa shape index (κ2) is 2.09. The van der Waals surface area contributed by atoms with E-state index in [1.165, 1.54) is 7.11 Å². The summed E-state index contributed by atoms with van der Waals surface area (Å²) >= 11 is 0. The number of rotatable bonds is 1. The second-order valence-corrected chi connectivity index (χ2v) is 3.72. The van der Waals surface area contributed by atoms with Crippen LogP contribution < -0.4 is 0 Å². The molecule has 12 heavy (non-hydrogen) atoms. The Balaban J connectivity index is 2.31. The summed E-state index contributed by atoms with van der Waals surface area (Å²) in [7, 11) is 1.35. The average molecular weight is 168 g/mol. The standard InChI is InChI=1S/C9H12O3/c1-5-6-3-4-7(10)9(5,6)8(11)12-2/h5-6H,3-4H2,1-2H3. The fourth-order valence-electron chi connectivity index (χ4n) is 2.70. The molecular weight excluding hydrogens is 156 g/mol. The number of hydrogen-bond donors (Lipinski definition) is 0. The van der Waals surface area contributed by atoms with Crippen LogP contribution >= 0.6 is 0 Å². The van der Waals surface area contributed by atoms with E-state index in [0.29, 0.717) is 6.42 Å². The van der Waals surface area contributed by atoms with Crippen molar-refractivity contribution in [3.63, 3.8) is 0 Å². The van der Waals surface area contributed by atoms with E-state index in [1.807, 2.05) is 6.92 Å². The smallest absolute Gasteiger partial charge is 0.319 e. The Morgan fingerprint density at radius 1 is 1.67 bits per heavy atom. The van der Waals surface area contributed by atoms with Gasteiger partial charge < -0.3 is 4.74 Å². The predicted octanol–water partition coefficient (Wildman–Crippen LogP) is 0.775. The van der Waals surface area contributed by atoms with E-state index < -0.39 is 5.41 Å². The van der Waals surface area contributed by atoms with Crippen LogP contribution in [0, 0.1) is 17.3 Å². The Morgan fingerprint density at radius 2 is 2.33 bits per heavy atom. The maximum atomic E-state index is 11.4. The zero-order valence-electron chi connectivity index (χ0n) is 7.29. The van der Waals surface area contributed by atoms with Crippen LogP contribution in [-0.4, -0.2) is 18.9 Å².